The molecule has 1 heteroatoms. The van der Waals surface area contributed by atoms with E-state index >= 15 is 0 Å². The minimum atomic E-state index is 0.985. The summed E-state index contributed by atoms with van der Waals surface area (Å²) >= 11 is 0. The van der Waals surface area contributed by atoms with Gasteiger partial charge in [-0.3, -0.25) is 0 Å². The van der Waals surface area contributed by atoms with Crippen molar-refractivity contribution >= 4 is 5.69 Å². The monoisotopic (exact) mass is 201 g/mol. The van der Waals surface area contributed by atoms with Crippen LogP contribution in [-0.2, 0) is 0 Å². The van der Waals surface area contributed by atoms with Crippen LogP contribution in [0.5, 0.6) is 0 Å². The largest absolute Gasteiger partial charge is 0.371 e. The van der Waals surface area contributed by atoms with Gasteiger partial charge >= 0.3 is 0 Å². The number of para-hydroxylation sites is 1. The normalized spacial score (nSPS) is 30.3. The van der Waals surface area contributed by atoms with Crippen molar-refractivity contribution in [3.05, 3.63) is 30.3 Å². The minimum absolute atomic E-state index is 0.985. The molecule has 0 radical (unpaired) electrons. The lowest BCUT2D eigenvalue weighted by Crippen LogP contribution is -2.19. The highest BCUT2D eigenvalue weighted by Gasteiger charge is 2.34. The van der Waals surface area contributed by atoms with Crippen molar-refractivity contribution in [2.24, 2.45) is 11.8 Å². The van der Waals surface area contributed by atoms with Crippen molar-refractivity contribution in [3.63, 3.8) is 0 Å². The molecule has 1 aromatic rings. The minimum Gasteiger partial charge on any atom is -0.371 e. The lowest BCUT2D eigenvalue weighted by atomic mass is 9.82. The lowest BCUT2D eigenvalue weighted by molar-refractivity contribution is 0.299. The smallest absolute Gasteiger partial charge is 0.0366 e. The molecule has 80 valence electrons. The molecule has 1 nitrogen and oxygen atoms in total. The molecule has 2 fully saturated rings. The molecule has 15 heavy (non-hydrogen) atoms. The summed E-state index contributed by atoms with van der Waals surface area (Å²) in [7, 11) is 0. The van der Waals surface area contributed by atoms with E-state index in [0.717, 1.165) is 11.8 Å². The molecule has 1 aliphatic carbocycles. The number of nitrogens with zero attached hydrogens (tertiary/aromatic N) is 1. The Morgan fingerprint density at radius 2 is 1.47 bits per heavy atom. The molecular formula is C14H19N. The van der Waals surface area contributed by atoms with Gasteiger partial charge in [-0.25, -0.2) is 0 Å². The van der Waals surface area contributed by atoms with Crippen LogP contribution < -0.4 is 4.90 Å². The third-order valence-electron chi connectivity index (χ3n) is 4.10. The predicted octanol–water partition coefficient (Wildman–Crippen LogP) is 3.31. The van der Waals surface area contributed by atoms with E-state index in [1.54, 1.807) is 0 Å². The van der Waals surface area contributed by atoms with E-state index in [1.165, 1.54) is 44.5 Å². The van der Waals surface area contributed by atoms with E-state index in [2.05, 4.69) is 35.2 Å². The Labute approximate surface area is 92.1 Å². The second-order valence-electron chi connectivity index (χ2n) is 5.05. The maximum Gasteiger partial charge on any atom is 0.0366 e. The van der Waals surface area contributed by atoms with Gasteiger partial charge in [0.15, 0.2) is 0 Å². The topological polar surface area (TPSA) is 3.24 Å². The van der Waals surface area contributed by atoms with E-state index in [0.29, 0.717) is 0 Å². The molecule has 0 amide bonds. The van der Waals surface area contributed by atoms with Crippen LogP contribution in [0.15, 0.2) is 30.3 Å². The van der Waals surface area contributed by atoms with Crippen LogP contribution in [0.4, 0.5) is 5.69 Å². The van der Waals surface area contributed by atoms with Crippen LogP contribution in [0.3, 0.4) is 0 Å². The lowest BCUT2D eigenvalue weighted by Gasteiger charge is -2.22. The molecule has 0 bridgehead atoms. The molecule has 2 atom stereocenters. The zero-order valence-corrected chi connectivity index (χ0v) is 9.23. The first-order valence-corrected chi connectivity index (χ1v) is 6.23. The van der Waals surface area contributed by atoms with Crippen LogP contribution in [0.25, 0.3) is 0 Å². The van der Waals surface area contributed by atoms with Gasteiger partial charge in [-0.15, -0.1) is 0 Å². The molecular weight excluding hydrogens is 182 g/mol. The predicted molar refractivity (Wildman–Crippen MR) is 64.1 cm³/mol. The van der Waals surface area contributed by atoms with Gasteiger partial charge in [0.05, 0.1) is 0 Å². The van der Waals surface area contributed by atoms with E-state index in [-0.39, 0.29) is 0 Å². The first kappa shape index (κ1) is 9.26. The molecule has 0 N–H and O–H groups in total. The fourth-order valence-electron chi connectivity index (χ4n) is 3.26. The maximum atomic E-state index is 2.58. The zero-order chi connectivity index (χ0) is 10.1. The molecule has 0 unspecified atom stereocenters. The first-order valence-electron chi connectivity index (χ1n) is 6.23. The number of anilines is 1. The Balaban J connectivity index is 1.75. The van der Waals surface area contributed by atoms with Crippen molar-refractivity contribution < 1.29 is 0 Å². The van der Waals surface area contributed by atoms with Gasteiger partial charge in [0, 0.05) is 18.8 Å². The van der Waals surface area contributed by atoms with Gasteiger partial charge in [0.25, 0.3) is 0 Å². The van der Waals surface area contributed by atoms with Crippen LogP contribution >= 0.6 is 0 Å². The molecule has 1 aromatic carbocycles. The van der Waals surface area contributed by atoms with Gasteiger partial charge in [-0.2, -0.15) is 0 Å². The molecule has 2 aliphatic rings. The van der Waals surface area contributed by atoms with Crippen LogP contribution in [0.1, 0.15) is 25.7 Å². The molecule has 1 aliphatic heterocycles. The van der Waals surface area contributed by atoms with Gasteiger partial charge in [-0.05, 0) is 36.8 Å². The van der Waals surface area contributed by atoms with Crippen molar-refractivity contribution in [2.75, 3.05) is 18.0 Å². The van der Waals surface area contributed by atoms with Gasteiger partial charge < -0.3 is 4.90 Å². The standard InChI is InChI=1S/C14H19N/c1-2-8-14(9-3-1)15-10-12-6-4-5-7-13(12)11-15/h1-3,8-9,12-13H,4-7,10-11H2/t12-,13+. The maximum absolute atomic E-state index is 2.58. The third kappa shape index (κ3) is 1.75. The summed E-state index contributed by atoms with van der Waals surface area (Å²) in [4.78, 5) is 2.58. The summed E-state index contributed by atoms with van der Waals surface area (Å²) in [5, 5.41) is 0. The van der Waals surface area contributed by atoms with Crippen molar-refractivity contribution in [1.82, 2.24) is 0 Å². The Bertz CT molecular complexity index is 305. The summed E-state index contributed by atoms with van der Waals surface area (Å²) < 4.78 is 0. The Morgan fingerprint density at radius 1 is 0.867 bits per heavy atom. The number of hydrogen-bond donors (Lipinski definition) is 0. The van der Waals surface area contributed by atoms with Gasteiger partial charge in [0.1, 0.15) is 0 Å². The van der Waals surface area contributed by atoms with Gasteiger partial charge in [0.2, 0.25) is 0 Å². The van der Waals surface area contributed by atoms with Crippen molar-refractivity contribution in [2.45, 2.75) is 25.7 Å². The van der Waals surface area contributed by atoms with Crippen molar-refractivity contribution in [3.8, 4) is 0 Å². The molecule has 3 rings (SSSR count). The SMILES string of the molecule is c1ccc(N2C[C@H]3CCCC[C@H]3C2)cc1. The fraction of sp³-hybridized carbons (Fsp3) is 0.571. The summed E-state index contributed by atoms with van der Waals surface area (Å²) in [5.74, 6) is 1.97. The Kier molecular flexibility index (Phi) is 2.40. The number of hydrogen-bond acceptors (Lipinski definition) is 1. The highest BCUT2D eigenvalue weighted by Crippen LogP contribution is 2.37. The summed E-state index contributed by atoms with van der Waals surface area (Å²) in [6.45, 7) is 2.60. The molecule has 1 saturated heterocycles. The fourth-order valence-corrected chi connectivity index (χ4v) is 3.26. The number of fused-ring (bicyclic) bond motifs is 1. The van der Waals surface area contributed by atoms with E-state index in [9.17, 15) is 0 Å². The van der Waals surface area contributed by atoms with Crippen LogP contribution in [-0.4, -0.2) is 13.1 Å². The highest BCUT2D eigenvalue weighted by molar-refractivity contribution is 5.47. The highest BCUT2D eigenvalue weighted by atomic mass is 15.2. The Morgan fingerprint density at radius 3 is 2.07 bits per heavy atom. The average molecular weight is 201 g/mol. The van der Waals surface area contributed by atoms with Crippen LogP contribution in [0.2, 0.25) is 0 Å². The first-order chi connectivity index (χ1) is 7.43. The molecule has 0 aromatic heterocycles. The second-order valence-corrected chi connectivity index (χ2v) is 5.05. The van der Waals surface area contributed by atoms with E-state index < -0.39 is 0 Å². The zero-order valence-electron chi connectivity index (χ0n) is 9.23. The van der Waals surface area contributed by atoms with Crippen molar-refractivity contribution in [1.29, 1.82) is 0 Å². The number of rotatable bonds is 1. The summed E-state index contributed by atoms with van der Waals surface area (Å²) in [6.07, 6.45) is 5.86. The third-order valence-corrected chi connectivity index (χ3v) is 4.10. The molecule has 1 saturated carbocycles. The van der Waals surface area contributed by atoms with E-state index in [1.807, 2.05) is 0 Å². The average Bonchev–Trinajstić information content (AvgIpc) is 2.74. The summed E-state index contributed by atoms with van der Waals surface area (Å²) in [5.41, 5.74) is 1.42. The Hall–Kier alpha value is -0.980. The number of benzene rings is 1. The molecule has 0 spiro atoms. The van der Waals surface area contributed by atoms with E-state index in [4.69, 9.17) is 0 Å². The quantitative estimate of drug-likeness (QED) is 0.673. The van der Waals surface area contributed by atoms with Gasteiger partial charge in [-0.1, -0.05) is 31.0 Å². The summed E-state index contributed by atoms with van der Waals surface area (Å²) in [6, 6.07) is 10.9. The second kappa shape index (κ2) is 3.88. The van der Waals surface area contributed by atoms with Crippen LogP contribution in [0, 0.1) is 11.8 Å². The molecule has 1 heterocycles.